The third kappa shape index (κ3) is 1.07. The molecule has 0 amide bonds. The number of methoxy groups -OCH3 is 1. The van der Waals surface area contributed by atoms with Crippen LogP contribution in [0.5, 0.6) is 0 Å². The SMILES string of the molecule is COC[C@@H]1[C@@H]2Cc3c(C(=O)O)n[nH]c3[C@H]12. The van der Waals surface area contributed by atoms with E-state index in [1.54, 1.807) is 7.11 Å². The summed E-state index contributed by atoms with van der Waals surface area (Å²) >= 11 is 0. The number of aromatic amines is 1. The average Bonchev–Trinajstić information content (AvgIpc) is 2.60. The number of H-pyrrole nitrogens is 1. The van der Waals surface area contributed by atoms with E-state index in [-0.39, 0.29) is 5.69 Å². The van der Waals surface area contributed by atoms with Crippen molar-refractivity contribution in [2.24, 2.45) is 11.8 Å². The molecule has 1 fully saturated rings. The van der Waals surface area contributed by atoms with Gasteiger partial charge >= 0.3 is 5.97 Å². The van der Waals surface area contributed by atoms with Gasteiger partial charge in [0.25, 0.3) is 0 Å². The summed E-state index contributed by atoms with van der Waals surface area (Å²) in [7, 11) is 1.70. The second kappa shape index (κ2) is 2.82. The van der Waals surface area contributed by atoms with Crippen molar-refractivity contribution in [2.45, 2.75) is 12.3 Å². The number of carbonyl (C=O) groups is 1. The van der Waals surface area contributed by atoms with E-state index in [4.69, 9.17) is 9.84 Å². The number of aromatic nitrogens is 2. The van der Waals surface area contributed by atoms with Gasteiger partial charge in [-0.3, -0.25) is 5.10 Å². The van der Waals surface area contributed by atoms with E-state index in [0.717, 1.165) is 24.3 Å². The topological polar surface area (TPSA) is 75.2 Å². The van der Waals surface area contributed by atoms with Gasteiger partial charge in [-0.15, -0.1) is 0 Å². The van der Waals surface area contributed by atoms with Crippen molar-refractivity contribution in [1.29, 1.82) is 0 Å². The van der Waals surface area contributed by atoms with Crippen LogP contribution in [0.15, 0.2) is 0 Å². The number of carboxylic acid groups (broad SMARTS) is 1. The summed E-state index contributed by atoms with van der Waals surface area (Å²) < 4.78 is 5.12. The number of ether oxygens (including phenoxy) is 1. The molecule has 2 N–H and O–H groups in total. The molecule has 80 valence electrons. The molecule has 5 heteroatoms. The average molecular weight is 208 g/mol. The molecule has 3 rings (SSSR count). The van der Waals surface area contributed by atoms with Crippen LogP contribution >= 0.6 is 0 Å². The Bertz CT molecular complexity index is 426. The Hall–Kier alpha value is -1.36. The van der Waals surface area contributed by atoms with Crippen LogP contribution in [0.4, 0.5) is 0 Å². The fourth-order valence-corrected chi connectivity index (χ4v) is 2.84. The van der Waals surface area contributed by atoms with Crippen molar-refractivity contribution in [3.63, 3.8) is 0 Å². The molecule has 1 saturated carbocycles. The predicted octanol–water partition coefficient (Wildman–Crippen LogP) is 0.640. The van der Waals surface area contributed by atoms with Crippen LogP contribution in [0, 0.1) is 11.8 Å². The first-order valence-electron chi connectivity index (χ1n) is 5.03. The van der Waals surface area contributed by atoms with Gasteiger partial charge in [-0.25, -0.2) is 4.79 Å². The smallest absolute Gasteiger partial charge is 0.356 e. The van der Waals surface area contributed by atoms with Gasteiger partial charge in [0.15, 0.2) is 5.69 Å². The fourth-order valence-electron chi connectivity index (χ4n) is 2.84. The first-order chi connectivity index (χ1) is 7.24. The molecule has 0 radical (unpaired) electrons. The molecule has 0 aromatic carbocycles. The maximum atomic E-state index is 10.8. The van der Waals surface area contributed by atoms with Gasteiger partial charge < -0.3 is 9.84 Å². The molecule has 1 aromatic rings. The zero-order valence-electron chi connectivity index (χ0n) is 8.36. The molecule has 2 aliphatic carbocycles. The second-order valence-electron chi connectivity index (χ2n) is 4.28. The summed E-state index contributed by atoms with van der Waals surface area (Å²) in [6, 6.07) is 0. The molecule has 2 aliphatic rings. The van der Waals surface area contributed by atoms with Gasteiger partial charge in [-0.1, -0.05) is 0 Å². The Balaban J connectivity index is 1.88. The predicted molar refractivity (Wildman–Crippen MR) is 50.8 cm³/mol. The van der Waals surface area contributed by atoms with E-state index < -0.39 is 5.97 Å². The van der Waals surface area contributed by atoms with Crippen molar-refractivity contribution in [1.82, 2.24) is 10.2 Å². The first-order valence-corrected chi connectivity index (χ1v) is 5.03. The molecule has 5 nitrogen and oxygen atoms in total. The normalized spacial score (nSPS) is 31.1. The van der Waals surface area contributed by atoms with E-state index in [9.17, 15) is 4.79 Å². The Labute approximate surface area is 86.4 Å². The van der Waals surface area contributed by atoms with Crippen molar-refractivity contribution in [3.8, 4) is 0 Å². The second-order valence-corrected chi connectivity index (χ2v) is 4.28. The highest BCUT2D eigenvalue weighted by Crippen LogP contribution is 2.61. The summed E-state index contributed by atoms with van der Waals surface area (Å²) in [4.78, 5) is 10.8. The minimum absolute atomic E-state index is 0.202. The lowest BCUT2D eigenvalue weighted by molar-refractivity contribution is 0.0689. The Morgan fingerprint density at radius 2 is 2.53 bits per heavy atom. The summed E-state index contributed by atoms with van der Waals surface area (Å²) in [5.41, 5.74) is 2.14. The zero-order valence-corrected chi connectivity index (χ0v) is 8.36. The van der Waals surface area contributed by atoms with Crippen LogP contribution in [0.1, 0.15) is 27.7 Å². The summed E-state index contributed by atoms with van der Waals surface area (Å²) in [5.74, 6) is 0.662. The van der Waals surface area contributed by atoms with Gasteiger partial charge in [-0.05, 0) is 18.3 Å². The first kappa shape index (κ1) is 8.91. The molecule has 0 spiro atoms. The van der Waals surface area contributed by atoms with E-state index in [2.05, 4.69) is 10.2 Å². The molecule has 0 bridgehead atoms. The minimum atomic E-state index is -0.933. The lowest BCUT2D eigenvalue weighted by atomic mass is 10.1. The summed E-state index contributed by atoms with van der Waals surface area (Å²) in [5, 5.41) is 15.6. The molecule has 0 unspecified atom stereocenters. The van der Waals surface area contributed by atoms with Gasteiger partial charge in [-0.2, -0.15) is 5.10 Å². The number of rotatable bonds is 3. The van der Waals surface area contributed by atoms with Crippen molar-refractivity contribution < 1.29 is 14.6 Å². The van der Waals surface area contributed by atoms with Gasteiger partial charge in [0.05, 0.1) is 0 Å². The molecule has 0 saturated heterocycles. The number of carboxylic acids is 1. The third-order valence-electron chi connectivity index (χ3n) is 3.57. The molecule has 0 aliphatic heterocycles. The van der Waals surface area contributed by atoms with E-state index in [1.165, 1.54) is 0 Å². The van der Waals surface area contributed by atoms with Crippen LogP contribution in [0.25, 0.3) is 0 Å². The summed E-state index contributed by atoms with van der Waals surface area (Å²) in [6.07, 6.45) is 0.839. The lowest BCUT2D eigenvalue weighted by Crippen LogP contribution is -2.04. The molecular weight excluding hydrogens is 196 g/mol. The van der Waals surface area contributed by atoms with Crippen LogP contribution in [-0.4, -0.2) is 35.0 Å². The van der Waals surface area contributed by atoms with Gasteiger partial charge in [0.2, 0.25) is 0 Å². The maximum absolute atomic E-state index is 10.8. The molecular formula is C10H12N2O3. The van der Waals surface area contributed by atoms with Crippen molar-refractivity contribution >= 4 is 5.97 Å². The quantitative estimate of drug-likeness (QED) is 0.764. The Morgan fingerprint density at radius 1 is 1.73 bits per heavy atom. The van der Waals surface area contributed by atoms with E-state index in [1.807, 2.05) is 0 Å². The maximum Gasteiger partial charge on any atom is 0.356 e. The van der Waals surface area contributed by atoms with Crippen molar-refractivity contribution in [2.75, 3.05) is 13.7 Å². The standard InChI is InChI=1S/C10H12N2O3/c1-15-3-6-4-2-5-8(7(4)6)11-12-9(5)10(13)14/h4,6-7H,2-3H2,1H3,(H,11,12)(H,13,14)/t4-,6+,7-/m0/s1. The minimum Gasteiger partial charge on any atom is -0.476 e. The number of nitrogens with zero attached hydrogens (tertiary/aromatic N) is 1. The fraction of sp³-hybridized carbons (Fsp3) is 0.600. The monoisotopic (exact) mass is 208 g/mol. The lowest BCUT2D eigenvalue weighted by Gasteiger charge is -2.01. The number of hydrogen-bond acceptors (Lipinski definition) is 3. The van der Waals surface area contributed by atoms with E-state index in [0.29, 0.717) is 17.8 Å². The Kier molecular flexibility index (Phi) is 1.68. The van der Waals surface area contributed by atoms with Gasteiger partial charge in [0, 0.05) is 30.9 Å². The summed E-state index contributed by atoms with van der Waals surface area (Å²) in [6.45, 7) is 0.760. The number of nitrogens with one attached hydrogen (secondary N) is 1. The number of aromatic carboxylic acids is 1. The third-order valence-corrected chi connectivity index (χ3v) is 3.57. The number of hydrogen-bond donors (Lipinski definition) is 2. The van der Waals surface area contributed by atoms with E-state index >= 15 is 0 Å². The highest BCUT2D eigenvalue weighted by molar-refractivity contribution is 5.87. The van der Waals surface area contributed by atoms with Crippen LogP contribution in [0.2, 0.25) is 0 Å². The Morgan fingerprint density at radius 3 is 3.20 bits per heavy atom. The molecule has 1 aromatic heterocycles. The number of fused-ring (bicyclic) bond motifs is 3. The molecule has 1 heterocycles. The zero-order chi connectivity index (χ0) is 10.6. The van der Waals surface area contributed by atoms with Gasteiger partial charge in [0.1, 0.15) is 0 Å². The highest BCUT2D eigenvalue weighted by atomic mass is 16.5. The molecule has 15 heavy (non-hydrogen) atoms. The van der Waals surface area contributed by atoms with Crippen LogP contribution < -0.4 is 0 Å². The largest absolute Gasteiger partial charge is 0.476 e. The highest BCUT2D eigenvalue weighted by Gasteiger charge is 2.57. The van der Waals surface area contributed by atoms with Crippen LogP contribution in [-0.2, 0) is 11.2 Å². The molecule has 3 atom stereocenters. The van der Waals surface area contributed by atoms with Crippen LogP contribution in [0.3, 0.4) is 0 Å². The van der Waals surface area contributed by atoms with Crippen molar-refractivity contribution in [3.05, 3.63) is 17.0 Å².